The maximum absolute atomic E-state index is 12.1. The van der Waals surface area contributed by atoms with Crippen LogP contribution < -0.4 is 0 Å². The van der Waals surface area contributed by atoms with Gasteiger partial charge in [0.15, 0.2) is 0 Å². The maximum Gasteiger partial charge on any atom is 0.206 e. The Bertz CT molecular complexity index is 1240. The van der Waals surface area contributed by atoms with E-state index in [4.69, 9.17) is 20.4 Å². The van der Waals surface area contributed by atoms with Gasteiger partial charge in [0.05, 0.1) is 19.6 Å². The van der Waals surface area contributed by atoms with Crippen LogP contribution in [-0.2, 0) is 19.7 Å². The molecule has 0 aliphatic rings. The molecule has 0 aliphatic heterocycles. The summed E-state index contributed by atoms with van der Waals surface area (Å²) in [6.07, 6.45) is 0. The molecule has 0 bridgehead atoms. The largest absolute Gasteiger partial charge is 0.508 e. The van der Waals surface area contributed by atoms with Crippen LogP contribution in [0.3, 0.4) is 0 Å². The molecule has 0 heterocycles. The first-order valence-electron chi connectivity index (χ1n) is 9.66. The molecule has 4 aromatic carbocycles. The minimum atomic E-state index is -3.59. The van der Waals surface area contributed by atoms with E-state index in [1.54, 1.807) is 0 Å². The predicted octanol–water partition coefficient (Wildman–Crippen LogP) is 3.86. The van der Waals surface area contributed by atoms with Crippen molar-refractivity contribution in [1.82, 2.24) is 0 Å². The lowest BCUT2D eigenvalue weighted by Crippen LogP contribution is -2.01. The molecule has 0 saturated carbocycles. The highest BCUT2D eigenvalue weighted by Gasteiger charge is 2.18. The van der Waals surface area contributed by atoms with Crippen LogP contribution in [0.1, 0.15) is 0 Å². The van der Waals surface area contributed by atoms with E-state index in [1.807, 2.05) is 0 Å². The van der Waals surface area contributed by atoms with Gasteiger partial charge in [0.1, 0.15) is 23.0 Å². The molecule has 0 radical (unpaired) electrons. The van der Waals surface area contributed by atoms with Crippen LogP contribution in [0.4, 0.5) is 0 Å². The van der Waals surface area contributed by atoms with Crippen molar-refractivity contribution >= 4 is 19.7 Å². The van der Waals surface area contributed by atoms with E-state index in [1.165, 1.54) is 97.1 Å². The Balaban J connectivity index is 0.000000191. The van der Waals surface area contributed by atoms with Gasteiger partial charge >= 0.3 is 0 Å². The van der Waals surface area contributed by atoms with E-state index < -0.39 is 19.7 Å². The summed E-state index contributed by atoms with van der Waals surface area (Å²) in [6.45, 7) is 0. The van der Waals surface area contributed by atoms with Crippen LogP contribution in [0, 0.1) is 0 Å². The van der Waals surface area contributed by atoms with Gasteiger partial charge < -0.3 is 20.4 Å². The Labute approximate surface area is 196 Å². The highest BCUT2D eigenvalue weighted by atomic mass is 32.2. The summed E-state index contributed by atoms with van der Waals surface area (Å²) in [4.78, 5) is 0.393. The highest BCUT2D eigenvalue weighted by Crippen LogP contribution is 2.25. The number of aromatic hydroxyl groups is 4. The quantitative estimate of drug-likeness (QED) is 0.330. The van der Waals surface area contributed by atoms with Gasteiger partial charge in [-0.15, -0.1) is 0 Å². The molecule has 0 saturated heterocycles. The normalized spacial score (nSPS) is 11.3. The van der Waals surface area contributed by atoms with Crippen LogP contribution in [0.2, 0.25) is 0 Å². The Kier molecular flexibility index (Phi) is 7.14. The standard InChI is InChI=1S/2C12H10O4S/c2*13-9-1-5-11(6-2-9)17(15,16)12-7-3-10(14)4-8-12/h2*1-8,13-14H. The van der Waals surface area contributed by atoms with Crippen molar-refractivity contribution in [3.8, 4) is 23.0 Å². The van der Waals surface area contributed by atoms with Gasteiger partial charge in [-0.25, -0.2) is 16.8 Å². The molecular weight excluding hydrogens is 480 g/mol. The number of rotatable bonds is 4. The summed E-state index contributed by atoms with van der Waals surface area (Å²) < 4.78 is 48.4. The Morgan fingerprint density at radius 3 is 0.618 bits per heavy atom. The second-order valence-electron chi connectivity index (χ2n) is 6.98. The van der Waals surface area contributed by atoms with Gasteiger partial charge in [-0.3, -0.25) is 0 Å². The fourth-order valence-corrected chi connectivity index (χ4v) is 5.30. The van der Waals surface area contributed by atoms with Gasteiger partial charge in [-0.05, 0) is 97.1 Å². The number of phenols is 4. The molecule has 0 aliphatic carbocycles. The van der Waals surface area contributed by atoms with Crippen LogP contribution in [-0.4, -0.2) is 37.3 Å². The third-order valence-corrected chi connectivity index (χ3v) is 8.16. The molecule has 0 unspecified atom stereocenters. The lowest BCUT2D eigenvalue weighted by Gasteiger charge is -2.04. The van der Waals surface area contributed by atoms with Gasteiger partial charge in [0, 0.05) is 0 Å². The van der Waals surface area contributed by atoms with Gasteiger partial charge in [0.25, 0.3) is 0 Å². The summed E-state index contributed by atoms with van der Waals surface area (Å²) in [7, 11) is -7.19. The maximum atomic E-state index is 12.1. The summed E-state index contributed by atoms with van der Waals surface area (Å²) in [5, 5.41) is 36.4. The molecule has 0 amide bonds. The van der Waals surface area contributed by atoms with Crippen LogP contribution >= 0.6 is 0 Å². The molecule has 176 valence electrons. The van der Waals surface area contributed by atoms with Crippen molar-refractivity contribution in [2.24, 2.45) is 0 Å². The zero-order valence-corrected chi connectivity index (χ0v) is 19.1. The van der Waals surface area contributed by atoms with E-state index in [0.717, 1.165) is 0 Å². The van der Waals surface area contributed by atoms with E-state index in [9.17, 15) is 16.8 Å². The lowest BCUT2D eigenvalue weighted by atomic mass is 10.3. The van der Waals surface area contributed by atoms with E-state index in [-0.39, 0.29) is 42.6 Å². The zero-order chi connectivity index (χ0) is 24.9. The van der Waals surface area contributed by atoms with Crippen molar-refractivity contribution < 1.29 is 37.3 Å². The molecule has 10 heteroatoms. The third-order valence-electron chi connectivity index (χ3n) is 4.59. The molecule has 4 aromatic rings. The SMILES string of the molecule is O=S(=O)(c1ccc(O)cc1)c1ccc(O)cc1.O=S(=O)(c1ccc(O)cc1)c1ccc(O)cc1. The molecular formula is C24H20O8S2. The molecule has 0 spiro atoms. The molecule has 8 nitrogen and oxygen atoms in total. The summed E-state index contributed by atoms with van der Waals surface area (Å²) in [5.74, 6) is 0.0358. The first-order valence-corrected chi connectivity index (χ1v) is 12.6. The van der Waals surface area contributed by atoms with Crippen molar-refractivity contribution in [3.63, 3.8) is 0 Å². The fourth-order valence-electron chi connectivity index (χ4n) is 2.77. The summed E-state index contributed by atoms with van der Waals surface area (Å²) in [6, 6.07) is 21.1. The molecule has 0 fully saturated rings. The van der Waals surface area contributed by atoms with Crippen LogP contribution in [0.25, 0.3) is 0 Å². The highest BCUT2D eigenvalue weighted by molar-refractivity contribution is 7.91. The number of sulfone groups is 2. The van der Waals surface area contributed by atoms with E-state index >= 15 is 0 Å². The van der Waals surface area contributed by atoms with Crippen LogP contribution in [0.5, 0.6) is 23.0 Å². The second-order valence-corrected chi connectivity index (χ2v) is 10.9. The molecule has 4 rings (SSSR count). The average Bonchev–Trinajstić information content (AvgIpc) is 2.81. The van der Waals surface area contributed by atoms with E-state index in [0.29, 0.717) is 0 Å². The Morgan fingerprint density at radius 2 is 0.471 bits per heavy atom. The molecule has 0 aromatic heterocycles. The van der Waals surface area contributed by atoms with Crippen LogP contribution in [0.15, 0.2) is 117 Å². The number of benzene rings is 4. The van der Waals surface area contributed by atoms with Gasteiger partial charge in [-0.2, -0.15) is 0 Å². The topological polar surface area (TPSA) is 149 Å². The predicted molar refractivity (Wildman–Crippen MR) is 123 cm³/mol. The van der Waals surface area contributed by atoms with Crippen molar-refractivity contribution in [2.45, 2.75) is 19.6 Å². The van der Waals surface area contributed by atoms with Crippen molar-refractivity contribution in [3.05, 3.63) is 97.1 Å². The summed E-state index contributed by atoms with van der Waals surface area (Å²) >= 11 is 0. The minimum absolute atomic E-state index is 0.00894. The van der Waals surface area contributed by atoms with Gasteiger partial charge in [0.2, 0.25) is 19.7 Å². The van der Waals surface area contributed by atoms with Crippen molar-refractivity contribution in [2.75, 3.05) is 0 Å². The Hall–Kier alpha value is -4.02. The molecule has 4 N–H and O–H groups in total. The summed E-state index contributed by atoms with van der Waals surface area (Å²) in [5.41, 5.74) is 0. The number of phenolic OH excluding ortho intramolecular Hbond substituents is 4. The molecule has 34 heavy (non-hydrogen) atoms. The Morgan fingerprint density at radius 1 is 0.324 bits per heavy atom. The minimum Gasteiger partial charge on any atom is -0.508 e. The second kappa shape index (κ2) is 9.86. The molecule has 0 atom stereocenters. The number of hydrogen-bond donors (Lipinski definition) is 4. The number of hydrogen-bond acceptors (Lipinski definition) is 8. The monoisotopic (exact) mass is 500 g/mol. The third kappa shape index (κ3) is 5.66. The van der Waals surface area contributed by atoms with Crippen molar-refractivity contribution in [1.29, 1.82) is 0 Å². The first-order chi connectivity index (χ1) is 16.0. The smallest absolute Gasteiger partial charge is 0.206 e. The average molecular weight is 501 g/mol. The first kappa shape index (κ1) is 24.6. The zero-order valence-electron chi connectivity index (χ0n) is 17.5. The fraction of sp³-hybridized carbons (Fsp3) is 0. The lowest BCUT2D eigenvalue weighted by molar-refractivity contribution is 0.474. The van der Waals surface area contributed by atoms with E-state index in [2.05, 4.69) is 0 Å². The van der Waals surface area contributed by atoms with Gasteiger partial charge in [-0.1, -0.05) is 0 Å².